The van der Waals surface area contributed by atoms with Gasteiger partial charge in [-0.3, -0.25) is 9.78 Å². The number of sulfone groups is 1. The Morgan fingerprint density at radius 2 is 1.83 bits per heavy atom. The van der Waals surface area contributed by atoms with Gasteiger partial charge in [0.1, 0.15) is 6.04 Å². The van der Waals surface area contributed by atoms with Crippen LogP contribution in [0, 0.1) is 0 Å². The molecule has 10 heteroatoms. The van der Waals surface area contributed by atoms with Crippen molar-refractivity contribution >= 4 is 44.9 Å². The molecule has 30 heavy (non-hydrogen) atoms. The third-order valence-corrected chi connectivity index (χ3v) is 8.62. The van der Waals surface area contributed by atoms with Gasteiger partial charge in [0.05, 0.1) is 31.3 Å². The van der Waals surface area contributed by atoms with Crippen LogP contribution in [0.3, 0.4) is 0 Å². The van der Waals surface area contributed by atoms with Gasteiger partial charge in [-0.1, -0.05) is 35.3 Å². The highest BCUT2D eigenvalue weighted by molar-refractivity contribution is 7.92. The minimum Gasteiger partial charge on any atom is -0.480 e. The summed E-state index contributed by atoms with van der Waals surface area (Å²) >= 11 is 11.9. The van der Waals surface area contributed by atoms with Gasteiger partial charge in [-0.2, -0.15) is 0 Å². The lowest BCUT2D eigenvalue weighted by molar-refractivity contribution is -0.149. The number of halogens is 2. The van der Waals surface area contributed by atoms with Crippen molar-refractivity contribution in [1.29, 1.82) is 0 Å². The molecule has 0 unspecified atom stereocenters. The molecule has 2 aromatic rings. The lowest BCUT2D eigenvalue weighted by Gasteiger charge is -2.26. The highest BCUT2D eigenvalue weighted by atomic mass is 35.5. The molecule has 1 aliphatic carbocycles. The molecule has 1 saturated heterocycles. The minimum atomic E-state index is -3.92. The first-order chi connectivity index (χ1) is 14.2. The normalized spacial score (nSPS) is 22.7. The van der Waals surface area contributed by atoms with Gasteiger partial charge in [0.15, 0.2) is 9.84 Å². The van der Waals surface area contributed by atoms with E-state index in [1.54, 1.807) is 24.3 Å². The standard InChI is InChI=1S/C20H18Cl2N2O5S/c21-12-5-6-17(23-10-12)20(7-8-20)19(27)24-11-13(9-15(24)18(25)26)30(28,29)16-4-2-1-3-14(16)22/h1-6,10,13,15H,7-9,11H2,(H,25,26)/t13-,15+/m1/s1. The molecule has 0 radical (unpaired) electrons. The van der Waals surface area contributed by atoms with Gasteiger partial charge >= 0.3 is 5.97 Å². The zero-order chi connectivity index (χ0) is 21.7. The van der Waals surface area contributed by atoms with Crippen molar-refractivity contribution in [2.75, 3.05) is 6.54 Å². The number of carboxylic acid groups (broad SMARTS) is 1. The average molecular weight is 469 g/mol. The van der Waals surface area contributed by atoms with E-state index in [0.29, 0.717) is 23.6 Å². The van der Waals surface area contributed by atoms with Crippen molar-refractivity contribution in [1.82, 2.24) is 9.88 Å². The first-order valence-electron chi connectivity index (χ1n) is 9.31. The van der Waals surface area contributed by atoms with Crippen LogP contribution >= 0.6 is 23.2 Å². The Kier molecular flexibility index (Phi) is 5.28. The molecule has 1 aliphatic heterocycles. The number of likely N-dealkylation sites (tertiary alicyclic amines) is 1. The van der Waals surface area contributed by atoms with Gasteiger partial charge in [0.25, 0.3) is 0 Å². The van der Waals surface area contributed by atoms with Gasteiger partial charge in [-0.05, 0) is 43.5 Å². The predicted molar refractivity (Wildman–Crippen MR) is 110 cm³/mol. The van der Waals surface area contributed by atoms with E-state index in [1.165, 1.54) is 23.2 Å². The molecule has 158 valence electrons. The van der Waals surface area contributed by atoms with Crippen LogP contribution in [0.2, 0.25) is 10.0 Å². The largest absolute Gasteiger partial charge is 0.480 e. The number of benzene rings is 1. The lowest BCUT2D eigenvalue weighted by Crippen LogP contribution is -2.46. The fourth-order valence-corrected chi connectivity index (χ4v) is 6.30. The monoisotopic (exact) mass is 468 g/mol. The molecule has 1 amide bonds. The van der Waals surface area contributed by atoms with Crippen LogP contribution in [0.25, 0.3) is 0 Å². The highest BCUT2D eigenvalue weighted by Gasteiger charge is 2.58. The second-order valence-corrected chi connectivity index (χ2v) is 10.6. The molecule has 1 N–H and O–H groups in total. The first-order valence-corrected chi connectivity index (χ1v) is 11.6. The molecular weight excluding hydrogens is 451 g/mol. The Morgan fingerprint density at radius 3 is 2.40 bits per heavy atom. The quantitative estimate of drug-likeness (QED) is 0.722. The van der Waals surface area contributed by atoms with E-state index in [9.17, 15) is 23.1 Å². The zero-order valence-electron chi connectivity index (χ0n) is 15.7. The van der Waals surface area contributed by atoms with Gasteiger partial charge < -0.3 is 10.0 Å². The second-order valence-electron chi connectivity index (χ2n) is 7.59. The van der Waals surface area contributed by atoms with E-state index < -0.39 is 38.4 Å². The molecule has 0 bridgehead atoms. The molecule has 1 aromatic heterocycles. The Balaban J connectivity index is 1.65. The van der Waals surface area contributed by atoms with E-state index >= 15 is 0 Å². The van der Waals surface area contributed by atoms with Crippen molar-refractivity contribution in [3.05, 3.63) is 58.3 Å². The number of carbonyl (C=O) groups excluding carboxylic acids is 1. The maximum absolute atomic E-state index is 13.4. The Bertz CT molecular complexity index is 1120. The molecule has 0 spiro atoms. The molecule has 4 rings (SSSR count). The van der Waals surface area contributed by atoms with Gasteiger partial charge in [0, 0.05) is 12.7 Å². The number of pyridine rings is 1. The molecule has 1 saturated carbocycles. The molecular formula is C20H18Cl2N2O5S. The topological polar surface area (TPSA) is 105 Å². The molecule has 2 fully saturated rings. The second kappa shape index (κ2) is 7.51. The number of amides is 1. The van der Waals surface area contributed by atoms with Crippen LogP contribution < -0.4 is 0 Å². The average Bonchev–Trinajstić information content (AvgIpc) is 3.38. The summed E-state index contributed by atoms with van der Waals surface area (Å²) in [6.07, 6.45) is 2.28. The fraction of sp³-hybridized carbons (Fsp3) is 0.350. The smallest absolute Gasteiger partial charge is 0.326 e. The SMILES string of the molecule is O=C(O)[C@@H]1C[C@@H](S(=O)(=O)c2ccccc2Cl)CN1C(=O)C1(c2ccc(Cl)cn2)CC1. The summed E-state index contributed by atoms with van der Waals surface area (Å²) in [7, 11) is -3.92. The maximum atomic E-state index is 13.4. The summed E-state index contributed by atoms with van der Waals surface area (Å²) in [5.41, 5.74) is -0.417. The maximum Gasteiger partial charge on any atom is 0.326 e. The summed E-state index contributed by atoms with van der Waals surface area (Å²) in [6.45, 7) is -0.210. The third-order valence-electron chi connectivity index (χ3n) is 5.77. The Labute approximate surface area is 183 Å². The van der Waals surface area contributed by atoms with E-state index in [2.05, 4.69) is 4.98 Å². The third kappa shape index (κ3) is 3.46. The first kappa shape index (κ1) is 21.1. The summed E-state index contributed by atoms with van der Waals surface area (Å²) in [4.78, 5) is 30.6. The predicted octanol–water partition coefficient (Wildman–Crippen LogP) is 2.95. The summed E-state index contributed by atoms with van der Waals surface area (Å²) in [5, 5.41) is 9.12. The lowest BCUT2D eigenvalue weighted by atomic mass is 9.99. The number of aromatic nitrogens is 1. The zero-order valence-corrected chi connectivity index (χ0v) is 18.0. The number of aliphatic carboxylic acids is 1. The summed E-state index contributed by atoms with van der Waals surface area (Å²) < 4.78 is 26.2. The number of hydrogen-bond donors (Lipinski definition) is 1. The van der Waals surface area contributed by atoms with Crippen molar-refractivity contribution in [3.8, 4) is 0 Å². The van der Waals surface area contributed by atoms with Crippen LogP contribution in [-0.2, 0) is 24.8 Å². The number of nitrogens with zero attached hydrogens (tertiary/aromatic N) is 2. The van der Waals surface area contributed by atoms with Crippen LogP contribution in [0.1, 0.15) is 25.0 Å². The van der Waals surface area contributed by atoms with Crippen molar-refractivity contribution < 1.29 is 23.1 Å². The van der Waals surface area contributed by atoms with E-state index in [0.717, 1.165) is 0 Å². The number of rotatable bonds is 5. The molecule has 2 aliphatic rings. The Morgan fingerprint density at radius 1 is 1.13 bits per heavy atom. The van der Waals surface area contributed by atoms with Gasteiger partial charge in [0.2, 0.25) is 5.91 Å². The van der Waals surface area contributed by atoms with E-state index in [4.69, 9.17) is 23.2 Å². The van der Waals surface area contributed by atoms with Crippen molar-refractivity contribution in [2.45, 2.75) is 40.9 Å². The minimum absolute atomic E-state index is 0.0596. The molecule has 1 aromatic carbocycles. The fourth-order valence-electron chi connectivity index (χ4n) is 3.97. The molecule has 2 heterocycles. The van der Waals surface area contributed by atoms with Crippen molar-refractivity contribution in [2.24, 2.45) is 0 Å². The van der Waals surface area contributed by atoms with Crippen LogP contribution in [-0.4, -0.2) is 53.1 Å². The molecule has 2 atom stereocenters. The van der Waals surface area contributed by atoms with Crippen molar-refractivity contribution in [3.63, 3.8) is 0 Å². The highest BCUT2D eigenvalue weighted by Crippen LogP contribution is 2.50. The molecule has 7 nitrogen and oxygen atoms in total. The number of carbonyl (C=O) groups is 2. The number of hydrogen-bond acceptors (Lipinski definition) is 5. The van der Waals surface area contributed by atoms with E-state index in [1.807, 2.05) is 0 Å². The van der Waals surface area contributed by atoms with E-state index in [-0.39, 0.29) is 22.9 Å². The van der Waals surface area contributed by atoms with Crippen LogP contribution in [0.5, 0.6) is 0 Å². The van der Waals surface area contributed by atoms with Crippen LogP contribution in [0.4, 0.5) is 0 Å². The summed E-state index contributed by atoms with van der Waals surface area (Å²) in [6, 6.07) is 8.06. The van der Waals surface area contributed by atoms with Gasteiger partial charge in [-0.25, -0.2) is 13.2 Å². The number of carboxylic acids is 1. The Hall–Kier alpha value is -2.16. The van der Waals surface area contributed by atoms with Gasteiger partial charge in [-0.15, -0.1) is 0 Å². The van der Waals surface area contributed by atoms with Crippen LogP contribution in [0.15, 0.2) is 47.5 Å². The summed E-state index contributed by atoms with van der Waals surface area (Å²) in [5.74, 6) is -1.65.